The van der Waals surface area contributed by atoms with Gasteiger partial charge in [0.2, 0.25) is 0 Å². The van der Waals surface area contributed by atoms with Crippen LogP contribution >= 0.6 is 11.8 Å². The number of thioether (sulfide) groups is 1. The summed E-state index contributed by atoms with van der Waals surface area (Å²) in [5.41, 5.74) is 1.05. The molecule has 0 bridgehead atoms. The molecule has 1 aromatic carbocycles. The molecule has 1 aliphatic heterocycles. The maximum atomic E-state index is 10.3. The number of nitrogens with zero attached hydrogens (tertiary/aromatic N) is 1. The lowest BCUT2D eigenvalue weighted by Gasteiger charge is -2.28. The van der Waals surface area contributed by atoms with Crippen LogP contribution in [-0.4, -0.2) is 81.2 Å². The van der Waals surface area contributed by atoms with Gasteiger partial charge in [0.25, 0.3) is 0 Å². The number of hydrogen-bond acceptors (Lipinski definition) is 7. The van der Waals surface area contributed by atoms with Crippen LogP contribution in [0, 0.1) is 0 Å². The first-order valence-electron chi connectivity index (χ1n) is 9.21. The molecule has 2 N–H and O–H groups in total. The molecule has 0 unspecified atom stereocenters. The van der Waals surface area contributed by atoms with Crippen molar-refractivity contribution in [1.29, 1.82) is 0 Å². The predicted octanol–water partition coefficient (Wildman–Crippen LogP) is 1.61. The maximum Gasteiger partial charge on any atom is 0.165 e. The van der Waals surface area contributed by atoms with Crippen LogP contribution in [0.2, 0.25) is 0 Å². The molecule has 0 amide bonds. The fourth-order valence-electron chi connectivity index (χ4n) is 2.90. The van der Waals surface area contributed by atoms with Crippen LogP contribution in [0.3, 0.4) is 0 Å². The third-order valence-electron chi connectivity index (χ3n) is 4.29. The summed E-state index contributed by atoms with van der Waals surface area (Å²) >= 11 is 1.86. The summed E-state index contributed by atoms with van der Waals surface area (Å²) in [6.07, 6.45) is 2.72. The molecule has 1 aliphatic rings. The smallest absolute Gasteiger partial charge is 0.165 e. The van der Waals surface area contributed by atoms with E-state index in [1.165, 1.54) is 0 Å². The molecule has 0 saturated carbocycles. The number of para-hydroxylation sites is 1. The molecule has 0 aliphatic carbocycles. The van der Waals surface area contributed by atoms with E-state index in [4.69, 9.17) is 14.2 Å². The predicted molar refractivity (Wildman–Crippen MR) is 106 cm³/mol. The van der Waals surface area contributed by atoms with Gasteiger partial charge in [0.05, 0.1) is 20.3 Å². The largest absolute Gasteiger partial charge is 0.493 e. The summed E-state index contributed by atoms with van der Waals surface area (Å²) in [6, 6.07) is 5.89. The summed E-state index contributed by atoms with van der Waals surface area (Å²) in [6.45, 7) is 5.71. The van der Waals surface area contributed by atoms with Crippen molar-refractivity contribution >= 4 is 11.8 Å². The zero-order chi connectivity index (χ0) is 18.6. The highest BCUT2D eigenvalue weighted by Crippen LogP contribution is 2.31. The van der Waals surface area contributed by atoms with Gasteiger partial charge in [0, 0.05) is 31.7 Å². The number of aliphatic hydroxyl groups excluding tert-OH is 1. The van der Waals surface area contributed by atoms with Crippen molar-refractivity contribution in [2.24, 2.45) is 0 Å². The molecule has 148 valence electrons. The first-order chi connectivity index (χ1) is 12.7. The van der Waals surface area contributed by atoms with Gasteiger partial charge in [-0.25, -0.2) is 0 Å². The van der Waals surface area contributed by atoms with E-state index in [1.54, 1.807) is 7.11 Å². The van der Waals surface area contributed by atoms with Crippen molar-refractivity contribution in [3.8, 4) is 11.5 Å². The summed E-state index contributed by atoms with van der Waals surface area (Å²) in [7, 11) is 1.64. The van der Waals surface area contributed by atoms with Gasteiger partial charge in [0.15, 0.2) is 11.5 Å². The Hall–Kier alpha value is -0.990. The van der Waals surface area contributed by atoms with Gasteiger partial charge in [-0.15, -0.1) is 0 Å². The van der Waals surface area contributed by atoms with Crippen LogP contribution in [-0.2, 0) is 11.3 Å². The molecule has 0 radical (unpaired) electrons. The van der Waals surface area contributed by atoms with Gasteiger partial charge >= 0.3 is 0 Å². The number of methoxy groups -OCH3 is 1. The second-order valence-corrected chi connectivity index (χ2v) is 7.34. The van der Waals surface area contributed by atoms with Crippen molar-refractivity contribution in [3.63, 3.8) is 0 Å². The Kier molecular flexibility index (Phi) is 10.2. The SMILES string of the molecule is COc1cccc(CNCCCSC)c1OC[C@H](O)CN1CCOCC1. The number of hydrogen-bond donors (Lipinski definition) is 2. The van der Waals surface area contributed by atoms with Crippen LogP contribution in [0.15, 0.2) is 18.2 Å². The van der Waals surface area contributed by atoms with Gasteiger partial charge in [0.1, 0.15) is 12.7 Å². The number of nitrogens with one attached hydrogen (secondary N) is 1. The van der Waals surface area contributed by atoms with E-state index in [9.17, 15) is 5.11 Å². The number of ether oxygens (including phenoxy) is 3. The highest BCUT2D eigenvalue weighted by molar-refractivity contribution is 7.98. The molecule has 0 spiro atoms. The number of β-amino-alcohol motifs (C(OH)–C–C–N with tert-alkyl or cyclic N) is 1. The first kappa shape index (κ1) is 21.3. The van der Waals surface area contributed by atoms with E-state index in [1.807, 2.05) is 30.0 Å². The summed E-state index contributed by atoms with van der Waals surface area (Å²) in [4.78, 5) is 2.20. The lowest BCUT2D eigenvalue weighted by atomic mass is 10.1. The normalized spacial score (nSPS) is 16.4. The van der Waals surface area contributed by atoms with Crippen molar-refractivity contribution in [2.45, 2.75) is 19.1 Å². The van der Waals surface area contributed by atoms with E-state index in [0.29, 0.717) is 18.0 Å². The third-order valence-corrected chi connectivity index (χ3v) is 4.99. The van der Waals surface area contributed by atoms with Crippen LogP contribution < -0.4 is 14.8 Å². The fraction of sp³-hybridized carbons (Fsp3) is 0.684. The van der Waals surface area contributed by atoms with Crippen LogP contribution in [0.4, 0.5) is 0 Å². The topological polar surface area (TPSA) is 63.2 Å². The van der Waals surface area contributed by atoms with Gasteiger partial charge in [-0.2, -0.15) is 11.8 Å². The number of morpholine rings is 1. The number of rotatable bonds is 12. The third kappa shape index (κ3) is 7.32. The molecule has 1 heterocycles. The summed E-state index contributed by atoms with van der Waals surface area (Å²) in [5.74, 6) is 2.57. The lowest BCUT2D eigenvalue weighted by molar-refractivity contribution is 0.00436. The quantitative estimate of drug-likeness (QED) is 0.531. The first-order valence-corrected chi connectivity index (χ1v) is 10.6. The molecule has 1 fully saturated rings. The molecule has 1 saturated heterocycles. The molecular weight excluding hydrogens is 352 g/mol. The minimum absolute atomic E-state index is 0.247. The lowest BCUT2D eigenvalue weighted by Crippen LogP contribution is -2.42. The molecule has 1 atom stereocenters. The highest BCUT2D eigenvalue weighted by atomic mass is 32.2. The molecule has 26 heavy (non-hydrogen) atoms. The van der Waals surface area contributed by atoms with Gasteiger partial charge in [-0.3, -0.25) is 4.90 Å². The zero-order valence-electron chi connectivity index (χ0n) is 15.9. The standard InChI is InChI=1S/C19H32N2O4S/c1-23-18-6-3-5-16(13-20-7-4-12-26-2)19(18)25-15-17(22)14-21-8-10-24-11-9-21/h3,5-6,17,20,22H,4,7-15H2,1-2H3/t17-/m1/s1. The molecule has 6 nitrogen and oxygen atoms in total. The zero-order valence-corrected chi connectivity index (χ0v) is 16.7. The van der Waals surface area contributed by atoms with Gasteiger partial charge in [-0.05, 0) is 31.0 Å². The minimum atomic E-state index is -0.541. The Morgan fingerprint density at radius 1 is 1.35 bits per heavy atom. The van der Waals surface area contributed by atoms with Crippen LogP contribution in [0.25, 0.3) is 0 Å². The minimum Gasteiger partial charge on any atom is -0.493 e. The van der Waals surface area contributed by atoms with Gasteiger partial charge < -0.3 is 24.6 Å². The van der Waals surface area contributed by atoms with E-state index < -0.39 is 6.10 Å². The van der Waals surface area contributed by atoms with Crippen molar-refractivity contribution in [2.75, 3.05) is 65.1 Å². The number of benzene rings is 1. The average molecular weight is 385 g/mol. The second-order valence-electron chi connectivity index (χ2n) is 6.35. The fourth-order valence-corrected chi connectivity index (χ4v) is 3.34. The van der Waals surface area contributed by atoms with Crippen molar-refractivity contribution in [3.05, 3.63) is 23.8 Å². The van der Waals surface area contributed by atoms with E-state index in [0.717, 1.165) is 57.1 Å². The maximum absolute atomic E-state index is 10.3. The van der Waals surface area contributed by atoms with Crippen molar-refractivity contribution in [1.82, 2.24) is 10.2 Å². The Morgan fingerprint density at radius 3 is 2.88 bits per heavy atom. The Balaban J connectivity index is 1.86. The monoisotopic (exact) mass is 384 g/mol. The van der Waals surface area contributed by atoms with Crippen LogP contribution in [0.5, 0.6) is 11.5 Å². The van der Waals surface area contributed by atoms with Gasteiger partial charge in [-0.1, -0.05) is 12.1 Å². The van der Waals surface area contributed by atoms with E-state index in [2.05, 4.69) is 16.5 Å². The van der Waals surface area contributed by atoms with E-state index in [-0.39, 0.29) is 6.61 Å². The Bertz CT molecular complexity index is 512. The number of aliphatic hydroxyl groups is 1. The van der Waals surface area contributed by atoms with Crippen LogP contribution in [0.1, 0.15) is 12.0 Å². The molecule has 1 aromatic rings. The Labute approximate surface area is 161 Å². The average Bonchev–Trinajstić information content (AvgIpc) is 2.67. The van der Waals surface area contributed by atoms with Crippen molar-refractivity contribution < 1.29 is 19.3 Å². The molecule has 0 aromatic heterocycles. The Morgan fingerprint density at radius 2 is 2.15 bits per heavy atom. The second kappa shape index (κ2) is 12.4. The molecular formula is C19H32N2O4S. The highest BCUT2D eigenvalue weighted by Gasteiger charge is 2.17. The van der Waals surface area contributed by atoms with E-state index >= 15 is 0 Å². The summed E-state index contributed by atoms with van der Waals surface area (Å²) < 4.78 is 16.8. The molecule has 7 heteroatoms. The summed E-state index contributed by atoms with van der Waals surface area (Å²) in [5, 5.41) is 13.8. The molecule has 2 rings (SSSR count).